The topological polar surface area (TPSA) is 46.6 Å². The molecule has 0 N–H and O–H groups in total. The number of nitrogens with zero attached hydrogens (tertiary/aromatic N) is 1. The van der Waals surface area contributed by atoms with E-state index in [0.717, 1.165) is 17.0 Å². The van der Waals surface area contributed by atoms with Gasteiger partial charge in [0.25, 0.3) is 0 Å². The fourth-order valence-corrected chi connectivity index (χ4v) is 3.40. The lowest BCUT2D eigenvalue weighted by Gasteiger charge is -2.17. The first-order valence-electron chi connectivity index (χ1n) is 7.88. The summed E-state index contributed by atoms with van der Waals surface area (Å²) in [6.07, 6.45) is 0.0467. The minimum Gasteiger partial charge on any atom is -0.491 e. The summed E-state index contributed by atoms with van der Waals surface area (Å²) in [5, 5.41) is 0. The minimum atomic E-state index is -1.29. The number of para-hydroxylation sites is 2. The molecule has 128 valence electrons. The Morgan fingerprint density at radius 1 is 1.08 bits per heavy atom. The molecule has 0 radical (unpaired) electrons. The van der Waals surface area contributed by atoms with Crippen LogP contribution in [0.25, 0.3) is 0 Å². The third kappa shape index (κ3) is 5.20. The summed E-state index contributed by atoms with van der Waals surface area (Å²) in [6.45, 7) is 3.90. The van der Waals surface area contributed by atoms with Gasteiger partial charge < -0.3 is 9.64 Å². The Bertz CT molecular complexity index is 701. The number of benzene rings is 2. The molecule has 24 heavy (non-hydrogen) atoms. The zero-order chi connectivity index (χ0) is 17.5. The lowest BCUT2D eigenvalue weighted by atomic mass is 10.2. The third-order valence-electron chi connectivity index (χ3n) is 3.45. The van der Waals surface area contributed by atoms with Crippen LogP contribution >= 0.6 is 0 Å². The van der Waals surface area contributed by atoms with Gasteiger partial charge in [0, 0.05) is 29.1 Å². The first-order chi connectivity index (χ1) is 11.5. The molecular weight excluding hydrogens is 322 g/mol. The van der Waals surface area contributed by atoms with Crippen molar-refractivity contribution in [1.82, 2.24) is 0 Å². The predicted octanol–water partition coefficient (Wildman–Crippen LogP) is 3.39. The van der Waals surface area contributed by atoms with Gasteiger partial charge in [-0.05, 0) is 32.0 Å². The number of amides is 1. The first-order valence-corrected chi connectivity index (χ1v) is 9.37. The molecule has 5 heteroatoms. The normalized spacial score (nSPS) is 12.0. The van der Waals surface area contributed by atoms with Gasteiger partial charge in [0.05, 0.1) is 11.9 Å². The van der Waals surface area contributed by atoms with Crippen LogP contribution in [0.15, 0.2) is 54.6 Å². The molecule has 0 spiro atoms. The molecule has 0 unspecified atom stereocenters. The first kappa shape index (κ1) is 18.2. The number of anilines is 1. The van der Waals surface area contributed by atoms with Gasteiger partial charge in [-0.2, -0.15) is 0 Å². The van der Waals surface area contributed by atoms with Crippen molar-refractivity contribution in [3.05, 3.63) is 60.2 Å². The van der Waals surface area contributed by atoms with Gasteiger partial charge in [0.2, 0.25) is 5.91 Å². The SMILES string of the molecule is CC(C)Oc1ccccc1C[S@](=O)CC(=O)N(C)c1ccccc1. The van der Waals surface area contributed by atoms with Gasteiger partial charge in [0.1, 0.15) is 11.5 Å². The highest BCUT2D eigenvalue weighted by molar-refractivity contribution is 7.85. The quantitative estimate of drug-likeness (QED) is 0.773. The lowest BCUT2D eigenvalue weighted by molar-refractivity contribution is -0.115. The van der Waals surface area contributed by atoms with Gasteiger partial charge in [0.15, 0.2) is 0 Å². The largest absolute Gasteiger partial charge is 0.491 e. The highest BCUT2D eigenvalue weighted by Crippen LogP contribution is 2.21. The summed E-state index contributed by atoms with van der Waals surface area (Å²) in [4.78, 5) is 13.8. The van der Waals surface area contributed by atoms with Crippen molar-refractivity contribution in [1.29, 1.82) is 0 Å². The third-order valence-corrected chi connectivity index (χ3v) is 4.66. The van der Waals surface area contributed by atoms with Crippen LogP contribution in [0, 0.1) is 0 Å². The predicted molar refractivity (Wildman–Crippen MR) is 98.8 cm³/mol. The van der Waals surface area contributed by atoms with Gasteiger partial charge >= 0.3 is 0 Å². The molecule has 4 nitrogen and oxygen atoms in total. The van der Waals surface area contributed by atoms with Crippen molar-refractivity contribution in [2.45, 2.75) is 25.7 Å². The molecule has 0 aromatic heterocycles. The second-order valence-corrected chi connectivity index (χ2v) is 7.25. The average Bonchev–Trinajstić information content (AvgIpc) is 2.56. The van der Waals surface area contributed by atoms with E-state index < -0.39 is 10.8 Å². The Morgan fingerprint density at radius 3 is 2.38 bits per heavy atom. The molecule has 0 aliphatic heterocycles. The van der Waals surface area contributed by atoms with Crippen LogP contribution < -0.4 is 9.64 Å². The summed E-state index contributed by atoms with van der Waals surface area (Å²) in [6, 6.07) is 16.9. The highest BCUT2D eigenvalue weighted by Gasteiger charge is 2.16. The molecule has 0 bridgehead atoms. The van der Waals surface area contributed by atoms with Gasteiger partial charge in [-0.3, -0.25) is 9.00 Å². The van der Waals surface area contributed by atoms with Crippen LogP contribution in [-0.2, 0) is 21.3 Å². The van der Waals surface area contributed by atoms with Crippen molar-refractivity contribution in [2.75, 3.05) is 17.7 Å². The summed E-state index contributed by atoms with van der Waals surface area (Å²) in [5.41, 5.74) is 1.66. The summed E-state index contributed by atoms with van der Waals surface area (Å²) in [5.74, 6) is 0.852. The highest BCUT2D eigenvalue weighted by atomic mass is 32.2. The van der Waals surface area contributed by atoms with E-state index in [0.29, 0.717) is 5.75 Å². The number of carbonyl (C=O) groups excluding carboxylic acids is 1. The monoisotopic (exact) mass is 345 g/mol. The van der Waals surface area contributed by atoms with E-state index in [4.69, 9.17) is 4.74 Å². The van der Waals surface area contributed by atoms with Gasteiger partial charge in [-0.15, -0.1) is 0 Å². The Morgan fingerprint density at radius 2 is 1.71 bits per heavy atom. The Kier molecular flexibility index (Phi) is 6.55. The molecule has 0 aliphatic rings. The minimum absolute atomic E-state index is 0.0125. The Labute approximate surface area is 145 Å². The average molecular weight is 345 g/mol. The van der Waals surface area contributed by atoms with E-state index in [9.17, 15) is 9.00 Å². The van der Waals surface area contributed by atoms with E-state index >= 15 is 0 Å². The molecule has 1 amide bonds. The summed E-state index contributed by atoms with van der Waals surface area (Å²) in [7, 11) is 0.407. The van der Waals surface area contributed by atoms with Gasteiger partial charge in [-0.25, -0.2) is 0 Å². The molecule has 1 atom stereocenters. The molecule has 2 aromatic carbocycles. The molecular formula is C19H23NO3S. The zero-order valence-corrected chi connectivity index (χ0v) is 15.1. The van der Waals surface area contributed by atoms with Crippen LogP contribution in [0.4, 0.5) is 5.69 Å². The fraction of sp³-hybridized carbons (Fsp3) is 0.316. The smallest absolute Gasteiger partial charge is 0.239 e. The maximum absolute atomic E-state index is 12.4. The second kappa shape index (κ2) is 8.64. The van der Waals surface area contributed by atoms with Crippen LogP contribution in [0.5, 0.6) is 5.75 Å². The van der Waals surface area contributed by atoms with Crippen molar-refractivity contribution in [3.8, 4) is 5.75 Å². The summed E-state index contributed by atoms with van der Waals surface area (Å²) < 4.78 is 18.1. The van der Waals surface area contributed by atoms with E-state index in [1.165, 1.54) is 4.90 Å². The Hall–Kier alpha value is -2.14. The maximum Gasteiger partial charge on any atom is 0.239 e. The number of carbonyl (C=O) groups is 1. The van der Waals surface area contributed by atoms with Crippen molar-refractivity contribution < 1.29 is 13.7 Å². The molecule has 0 fully saturated rings. The maximum atomic E-state index is 12.4. The molecule has 0 heterocycles. The van der Waals surface area contributed by atoms with Crippen LogP contribution in [0.1, 0.15) is 19.4 Å². The molecule has 0 aliphatic carbocycles. The number of rotatable bonds is 7. The molecule has 0 saturated heterocycles. The fourth-order valence-electron chi connectivity index (χ4n) is 2.25. The second-order valence-electron chi connectivity index (χ2n) is 5.79. The van der Waals surface area contributed by atoms with Crippen molar-refractivity contribution >= 4 is 22.4 Å². The van der Waals surface area contributed by atoms with E-state index in [1.807, 2.05) is 68.4 Å². The summed E-state index contributed by atoms with van der Waals surface area (Å²) >= 11 is 0. The number of hydrogen-bond acceptors (Lipinski definition) is 3. The van der Waals surface area contributed by atoms with E-state index in [2.05, 4.69) is 0 Å². The van der Waals surface area contributed by atoms with Crippen LogP contribution in [0.2, 0.25) is 0 Å². The standard InChI is InChI=1S/C19H23NO3S/c1-15(2)23-18-12-8-7-9-16(18)13-24(22)14-19(21)20(3)17-10-5-4-6-11-17/h4-12,15H,13-14H2,1-3H3/t24-/m0/s1. The van der Waals surface area contributed by atoms with E-state index in [-0.39, 0.29) is 17.8 Å². The zero-order valence-electron chi connectivity index (χ0n) is 14.3. The number of hydrogen-bond donors (Lipinski definition) is 0. The lowest BCUT2D eigenvalue weighted by Crippen LogP contribution is -2.31. The molecule has 2 aromatic rings. The number of ether oxygens (including phenoxy) is 1. The van der Waals surface area contributed by atoms with E-state index in [1.54, 1.807) is 7.05 Å². The van der Waals surface area contributed by atoms with Gasteiger partial charge in [-0.1, -0.05) is 36.4 Å². The molecule has 2 rings (SSSR count). The van der Waals surface area contributed by atoms with Crippen LogP contribution in [0.3, 0.4) is 0 Å². The Balaban J connectivity index is 2.00. The van der Waals surface area contributed by atoms with Crippen molar-refractivity contribution in [2.24, 2.45) is 0 Å². The van der Waals surface area contributed by atoms with Crippen LogP contribution in [-0.4, -0.2) is 29.0 Å². The molecule has 0 saturated carbocycles. The van der Waals surface area contributed by atoms with Crippen molar-refractivity contribution in [3.63, 3.8) is 0 Å².